The van der Waals surface area contributed by atoms with E-state index >= 15 is 0 Å². The number of benzene rings is 1. The number of hydrogen-bond acceptors (Lipinski definition) is 6. The van der Waals surface area contributed by atoms with E-state index in [2.05, 4.69) is 15.6 Å². The SMILES string of the molecule is Cc1csc2ncc(C(=O)Nc3ccc4c(c3)NC(=O)C(C)O4)c(=O)n12. The van der Waals surface area contributed by atoms with Crippen LogP contribution in [0.2, 0.25) is 0 Å². The van der Waals surface area contributed by atoms with E-state index < -0.39 is 17.6 Å². The molecule has 9 heteroatoms. The van der Waals surface area contributed by atoms with Crippen LogP contribution in [0.4, 0.5) is 11.4 Å². The van der Waals surface area contributed by atoms with Crippen molar-refractivity contribution in [3.63, 3.8) is 0 Å². The summed E-state index contributed by atoms with van der Waals surface area (Å²) in [6.07, 6.45) is 0.697. The van der Waals surface area contributed by atoms with Crippen molar-refractivity contribution in [1.29, 1.82) is 0 Å². The lowest BCUT2D eigenvalue weighted by Crippen LogP contribution is -2.34. The minimum atomic E-state index is -0.574. The molecular weight excluding hydrogens is 356 g/mol. The van der Waals surface area contributed by atoms with Gasteiger partial charge >= 0.3 is 0 Å². The molecule has 2 N–H and O–H groups in total. The van der Waals surface area contributed by atoms with Gasteiger partial charge in [-0.25, -0.2) is 4.98 Å². The third kappa shape index (κ3) is 2.62. The largest absolute Gasteiger partial charge is 0.479 e. The highest BCUT2D eigenvalue weighted by Crippen LogP contribution is 2.32. The third-order valence-electron chi connectivity index (χ3n) is 4.03. The molecule has 0 saturated carbocycles. The number of aryl methyl sites for hydroxylation is 1. The van der Waals surface area contributed by atoms with E-state index in [1.54, 1.807) is 37.4 Å². The quantitative estimate of drug-likeness (QED) is 0.719. The molecule has 26 heavy (non-hydrogen) atoms. The van der Waals surface area contributed by atoms with E-state index in [4.69, 9.17) is 4.74 Å². The van der Waals surface area contributed by atoms with E-state index in [9.17, 15) is 14.4 Å². The minimum Gasteiger partial charge on any atom is -0.479 e. The average molecular weight is 370 g/mol. The Kier molecular flexibility index (Phi) is 3.73. The van der Waals surface area contributed by atoms with Gasteiger partial charge in [-0.3, -0.25) is 18.8 Å². The molecule has 0 bridgehead atoms. The molecule has 1 atom stereocenters. The number of thiazole rings is 1. The van der Waals surface area contributed by atoms with Crippen LogP contribution in [0.3, 0.4) is 0 Å². The smallest absolute Gasteiger partial charge is 0.271 e. The van der Waals surface area contributed by atoms with Gasteiger partial charge in [0, 0.05) is 23.0 Å². The first-order valence-electron chi connectivity index (χ1n) is 7.83. The second-order valence-corrected chi connectivity index (χ2v) is 6.72. The van der Waals surface area contributed by atoms with Gasteiger partial charge in [-0.1, -0.05) is 0 Å². The molecule has 1 unspecified atom stereocenters. The number of carbonyl (C=O) groups is 2. The lowest BCUT2D eigenvalue weighted by Gasteiger charge is -2.23. The molecule has 2 amide bonds. The second kappa shape index (κ2) is 5.95. The van der Waals surface area contributed by atoms with Crippen molar-refractivity contribution < 1.29 is 14.3 Å². The van der Waals surface area contributed by atoms with Crippen LogP contribution in [0.25, 0.3) is 4.96 Å². The molecule has 0 radical (unpaired) electrons. The summed E-state index contributed by atoms with van der Waals surface area (Å²) in [6, 6.07) is 4.87. The molecule has 8 nitrogen and oxygen atoms in total. The van der Waals surface area contributed by atoms with Crippen molar-refractivity contribution in [1.82, 2.24) is 9.38 Å². The predicted molar refractivity (Wildman–Crippen MR) is 97.2 cm³/mol. The number of nitrogens with one attached hydrogen (secondary N) is 2. The van der Waals surface area contributed by atoms with Crippen LogP contribution in [-0.2, 0) is 4.79 Å². The van der Waals surface area contributed by atoms with E-state index in [1.807, 2.05) is 0 Å². The first kappa shape index (κ1) is 16.3. The van der Waals surface area contributed by atoms with E-state index in [0.717, 1.165) is 5.69 Å². The molecule has 132 valence electrons. The highest BCUT2D eigenvalue weighted by atomic mass is 32.1. The van der Waals surface area contributed by atoms with Crippen LogP contribution in [-0.4, -0.2) is 27.3 Å². The number of amides is 2. The zero-order valence-electron chi connectivity index (χ0n) is 13.9. The van der Waals surface area contributed by atoms with Gasteiger partial charge in [-0.2, -0.15) is 0 Å². The van der Waals surface area contributed by atoms with Crippen LogP contribution < -0.4 is 20.9 Å². The van der Waals surface area contributed by atoms with E-state index in [0.29, 0.717) is 22.1 Å². The predicted octanol–water partition coefficient (Wildman–Crippen LogP) is 2.04. The summed E-state index contributed by atoms with van der Waals surface area (Å²) in [6.45, 7) is 3.43. The summed E-state index contributed by atoms with van der Waals surface area (Å²) in [5.41, 5.74) is 1.13. The molecular formula is C17H14N4O4S. The summed E-state index contributed by atoms with van der Waals surface area (Å²) in [5, 5.41) is 7.17. The maximum Gasteiger partial charge on any atom is 0.271 e. The summed E-state index contributed by atoms with van der Waals surface area (Å²) < 4.78 is 6.88. The van der Waals surface area contributed by atoms with Gasteiger partial charge in [0.15, 0.2) is 11.1 Å². The number of hydrogen-bond donors (Lipinski definition) is 2. The number of fused-ring (bicyclic) bond motifs is 2. The van der Waals surface area contributed by atoms with Crippen LogP contribution in [0.15, 0.2) is 34.6 Å². The zero-order valence-corrected chi connectivity index (χ0v) is 14.7. The Morgan fingerprint density at radius 1 is 1.38 bits per heavy atom. The van der Waals surface area contributed by atoms with Crippen molar-refractivity contribution in [2.75, 3.05) is 10.6 Å². The Hall–Kier alpha value is -3.20. The number of carbonyl (C=O) groups excluding carboxylic acids is 2. The molecule has 0 aliphatic carbocycles. The van der Waals surface area contributed by atoms with Gasteiger partial charge in [0.2, 0.25) is 0 Å². The zero-order chi connectivity index (χ0) is 18.4. The lowest BCUT2D eigenvalue weighted by atomic mass is 10.2. The van der Waals surface area contributed by atoms with Gasteiger partial charge in [0.25, 0.3) is 17.4 Å². The molecule has 0 saturated heterocycles. The fourth-order valence-corrected chi connectivity index (χ4v) is 3.49. The van der Waals surface area contributed by atoms with Crippen molar-refractivity contribution in [2.24, 2.45) is 0 Å². The minimum absolute atomic E-state index is 0.0596. The normalized spacial score (nSPS) is 15.9. The van der Waals surface area contributed by atoms with E-state index in [-0.39, 0.29) is 11.5 Å². The summed E-state index contributed by atoms with van der Waals surface area (Å²) in [4.78, 5) is 41.5. The summed E-state index contributed by atoms with van der Waals surface area (Å²) in [7, 11) is 0. The number of anilines is 2. The Bertz CT molecular complexity index is 1120. The second-order valence-electron chi connectivity index (χ2n) is 5.89. The Labute approximate surface area is 151 Å². The first-order chi connectivity index (χ1) is 12.4. The number of ether oxygens (including phenoxy) is 1. The van der Waals surface area contributed by atoms with Crippen molar-refractivity contribution in [3.05, 3.63) is 51.4 Å². The maximum atomic E-state index is 12.5. The first-order valence-corrected chi connectivity index (χ1v) is 8.71. The fraction of sp³-hybridized carbons (Fsp3) is 0.176. The van der Waals surface area contributed by atoms with Gasteiger partial charge in [-0.15, -0.1) is 11.3 Å². The Morgan fingerprint density at radius 3 is 3.00 bits per heavy atom. The van der Waals surface area contributed by atoms with Gasteiger partial charge in [0.05, 0.1) is 5.69 Å². The average Bonchev–Trinajstić information content (AvgIpc) is 2.98. The highest BCUT2D eigenvalue weighted by molar-refractivity contribution is 7.15. The monoisotopic (exact) mass is 370 g/mol. The number of rotatable bonds is 2. The lowest BCUT2D eigenvalue weighted by molar-refractivity contribution is -0.122. The molecule has 2 aromatic heterocycles. The van der Waals surface area contributed by atoms with Crippen LogP contribution in [0.1, 0.15) is 23.0 Å². The molecule has 0 fully saturated rings. The van der Waals surface area contributed by atoms with Crippen molar-refractivity contribution in [3.8, 4) is 5.75 Å². The van der Waals surface area contributed by atoms with Gasteiger partial charge in [0.1, 0.15) is 11.3 Å². The van der Waals surface area contributed by atoms with Crippen molar-refractivity contribution >= 4 is 39.5 Å². The highest BCUT2D eigenvalue weighted by Gasteiger charge is 2.24. The van der Waals surface area contributed by atoms with Gasteiger partial charge in [-0.05, 0) is 32.0 Å². The van der Waals surface area contributed by atoms with Crippen molar-refractivity contribution in [2.45, 2.75) is 20.0 Å². The molecule has 3 heterocycles. The topological polar surface area (TPSA) is 102 Å². The summed E-state index contributed by atoms with van der Waals surface area (Å²) >= 11 is 1.33. The molecule has 3 aromatic rings. The third-order valence-corrected chi connectivity index (χ3v) is 4.99. The number of nitrogens with zero attached hydrogens (tertiary/aromatic N) is 2. The Balaban J connectivity index is 1.64. The fourth-order valence-electron chi connectivity index (χ4n) is 2.67. The van der Waals surface area contributed by atoms with Crippen LogP contribution in [0.5, 0.6) is 5.75 Å². The maximum absolute atomic E-state index is 12.5. The van der Waals surface area contributed by atoms with Gasteiger partial charge < -0.3 is 15.4 Å². The summed E-state index contributed by atoms with van der Waals surface area (Å²) in [5.74, 6) is -0.312. The molecule has 1 aromatic carbocycles. The van der Waals surface area contributed by atoms with E-state index in [1.165, 1.54) is 21.9 Å². The molecule has 4 rings (SSSR count). The number of aromatic nitrogens is 2. The Morgan fingerprint density at radius 2 is 2.19 bits per heavy atom. The molecule has 1 aliphatic heterocycles. The van der Waals surface area contributed by atoms with Crippen LogP contribution >= 0.6 is 11.3 Å². The standard InChI is InChI=1S/C17H14N4O4S/c1-8-7-26-17-18-6-11(16(24)21(8)17)15(23)19-10-3-4-13-12(5-10)20-14(22)9(2)25-13/h3-7,9H,1-2H3,(H,19,23)(H,20,22). The molecule has 1 aliphatic rings. The molecule has 0 spiro atoms. The van der Waals surface area contributed by atoms with Crippen LogP contribution in [0, 0.1) is 6.92 Å².